The third kappa shape index (κ3) is 5.26. The number of carbonyl (C=O) groups excluding carboxylic acids is 1. The summed E-state index contributed by atoms with van der Waals surface area (Å²) < 4.78 is 0. The van der Waals surface area contributed by atoms with Gasteiger partial charge in [-0.05, 0) is 24.5 Å². The van der Waals surface area contributed by atoms with Gasteiger partial charge in [0.25, 0.3) is 0 Å². The molecule has 0 aliphatic heterocycles. The molecule has 1 heterocycles. The van der Waals surface area contributed by atoms with Crippen LogP contribution >= 0.6 is 0 Å². The number of carboxylic acids is 1. The first-order valence-electron chi connectivity index (χ1n) is 6.79. The van der Waals surface area contributed by atoms with Gasteiger partial charge in [0.05, 0.1) is 0 Å². The van der Waals surface area contributed by atoms with Crippen molar-refractivity contribution in [3.8, 4) is 0 Å². The van der Waals surface area contributed by atoms with Gasteiger partial charge in [-0.25, -0.2) is 14.6 Å². The first kappa shape index (κ1) is 15.9. The summed E-state index contributed by atoms with van der Waals surface area (Å²) in [5.74, 6) is -1.06. The van der Waals surface area contributed by atoms with E-state index in [1.54, 1.807) is 6.07 Å². The first-order valence-corrected chi connectivity index (χ1v) is 6.79. The van der Waals surface area contributed by atoms with Gasteiger partial charge in [-0.1, -0.05) is 26.3 Å². The van der Waals surface area contributed by atoms with Crippen LogP contribution < -0.4 is 10.6 Å². The number of rotatable bonds is 7. The first-order chi connectivity index (χ1) is 9.56. The van der Waals surface area contributed by atoms with E-state index in [0.29, 0.717) is 6.54 Å². The lowest BCUT2D eigenvalue weighted by atomic mass is 10.1. The summed E-state index contributed by atoms with van der Waals surface area (Å²) in [6, 6.07) is 3.03. The lowest BCUT2D eigenvalue weighted by Crippen LogP contribution is -2.41. The van der Waals surface area contributed by atoms with Crippen LogP contribution in [-0.2, 0) is 6.54 Å². The van der Waals surface area contributed by atoms with Gasteiger partial charge < -0.3 is 15.7 Å². The molecule has 1 rings (SSSR count). The summed E-state index contributed by atoms with van der Waals surface area (Å²) in [4.78, 5) is 26.1. The largest absolute Gasteiger partial charge is 0.477 e. The van der Waals surface area contributed by atoms with Crippen LogP contribution in [0, 0.1) is 0 Å². The maximum Gasteiger partial charge on any atom is 0.354 e. The van der Waals surface area contributed by atoms with Crippen molar-refractivity contribution in [2.45, 2.75) is 45.7 Å². The highest BCUT2D eigenvalue weighted by Crippen LogP contribution is 2.02. The van der Waals surface area contributed by atoms with E-state index in [2.05, 4.69) is 22.5 Å². The topological polar surface area (TPSA) is 91.3 Å². The Labute approximate surface area is 118 Å². The number of nitrogens with zero attached hydrogens (tertiary/aromatic N) is 1. The van der Waals surface area contributed by atoms with Crippen LogP contribution in [0.25, 0.3) is 0 Å². The molecule has 0 aliphatic rings. The molecular weight excluding hydrogens is 258 g/mol. The average molecular weight is 279 g/mol. The monoisotopic (exact) mass is 279 g/mol. The van der Waals surface area contributed by atoms with Crippen molar-refractivity contribution in [2.24, 2.45) is 0 Å². The zero-order valence-electron chi connectivity index (χ0n) is 11.8. The lowest BCUT2D eigenvalue weighted by Gasteiger charge is -2.16. The minimum atomic E-state index is -1.06. The van der Waals surface area contributed by atoms with Crippen LogP contribution in [0.15, 0.2) is 18.3 Å². The highest BCUT2D eigenvalue weighted by Gasteiger charge is 2.09. The third-order valence-electron chi connectivity index (χ3n) is 2.96. The Morgan fingerprint density at radius 1 is 1.35 bits per heavy atom. The highest BCUT2D eigenvalue weighted by molar-refractivity contribution is 5.85. The molecule has 0 aliphatic carbocycles. The quantitative estimate of drug-likeness (QED) is 0.713. The molecule has 1 aromatic heterocycles. The maximum absolute atomic E-state index is 11.7. The molecule has 0 radical (unpaired) electrons. The summed E-state index contributed by atoms with van der Waals surface area (Å²) in [5, 5.41) is 14.4. The Hall–Kier alpha value is -2.11. The van der Waals surface area contributed by atoms with Crippen LogP contribution in [-0.4, -0.2) is 28.1 Å². The number of urea groups is 1. The molecule has 20 heavy (non-hydrogen) atoms. The van der Waals surface area contributed by atoms with Gasteiger partial charge in [0.1, 0.15) is 5.69 Å². The number of hydrogen-bond acceptors (Lipinski definition) is 3. The number of aromatic nitrogens is 1. The van der Waals surface area contributed by atoms with Gasteiger partial charge in [-0.3, -0.25) is 0 Å². The molecule has 1 aromatic rings. The van der Waals surface area contributed by atoms with E-state index in [4.69, 9.17) is 5.11 Å². The van der Waals surface area contributed by atoms with E-state index < -0.39 is 5.97 Å². The van der Waals surface area contributed by atoms with E-state index in [1.807, 2.05) is 6.92 Å². The number of hydrogen-bond donors (Lipinski definition) is 3. The van der Waals surface area contributed by atoms with Crippen molar-refractivity contribution in [2.75, 3.05) is 0 Å². The molecule has 0 saturated carbocycles. The van der Waals surface area contributed by atoms with Crippen LogP contribution in [0.2, 0.25) is 0 Å². The van der Waals surface area contributed by atoms with Gasteiger partial charge in [-0.15, -0.1) is 0 Å². The van der Waals surface area contributed by atoms with E-state index in [0.717, 1.165) is 24.8 Å². The van der Waals surface area contributed by atoms with Crippen molar-refractivity contribution in [1.29, 1.82) is 0 Å². The van der Waals surface area contributed by atoms with Crippen molar-refractivity contribution in [1.82, 2.24) is 15.6 Å². The van der Waals surface area contributed by atoms with Crippen LogP contribution in [0.5, 0.6) is 0 Å². The molecule has 0 saturated heterocycles. The fraction of sp³-hybridized carbons (Fsp3) is 0.500. The Kier molecular flexibility index (Phi) is 6.49. The smallest absolute Gasteiger partial charge is 0.354 e. The zero-order chi connectivity index (χ0) is 15.0. The van der Waals surface area contributed by atoms with E-state index in [1.165, 1.54) is 12.3 Å². The number of carbonyl (C=O) groups is 2. The number of pyridine rings is 1. The van der Waals surface area contributed by atoms with Crippen molar-refractivity contribution < 1.29 is 14.7 Å². The summed E-state index contributed by atoms with van der Waals surface area (Å²) >= 11 is 0. The van der Waals surface area contributed by atoms with Crippen molar-refractivity contribution in [3.05, 3.63) is 29.6 Å². The Bertz CT molecular complexity index is 445. The second kappa shape index (κ2) is 8.14. The minimum absolute atomic E-state index is 0.00723. The fourth-order valence-corrected chi connectivity index (χ4v) is 1.80. The molecule has 2 amide bonds. The summed E-state index contributed by atoms with van der Waals surface area (Å²) in [5.41, 5.74) is 0.751. The molecule has 0 aromatic carbocycles. The molecule has 0 fully saturated rings. The fourth-order valence-electron chi connectivity index (χ4n) is 1.80. The molecule has 0 bridgehead atoms. The second-order valence-corrected chi connectivity index (χ2v) is 4.58. The van der Waals surface area contributed by atoms with E-state index in [9.17, 15) is 9.59 Å². The van der Waals surface area contributed by atoms with Gasteiger partial charge in [0.2, 0.25) is 0 Å². The molecule has 110 valence electrons. The van der Waals surface area contributed by atoms with Gasteiger partial charge >= 0.3 is 12.0 Å². The van der Waals surface area contributed by atoms with E-state index >= 15 is 0 Å². The average Bonchev–Trinajstić information content (AvgIpc) is 2.45. The van der Waals surface area contributed by atoms with E-state index in [-0.39, 0.29) is 17.8 Å². The second-order valence-electron chi connectivity index (χ2n) is 4.58. The minimum Gasteiger partial charge on any atom is -0.477 e. The Morgan fingerprint density at radius 3 is 2.60 bits per heavy atom. The van der Waals surface area contributed by atoms with Crippen molar-refractivity contribution >= 4 is 12.0 Å². The van der Waals surface area contributed by atoms with Crippen LogP contribution in [0.4, 0.5) is 4.79 Å². The van der Waals surface area contributed by atoms with Gasteiger partial charge in [-0.2, -0.15) is 0 Å². The normalized spacial score (nSPS) is 11.7. The van der Waals surface area contributed by atoms with Crippen LogP contribution in [0.3, 0.4) is 0 Å². The zero-order valence-corrected chi connectivity index (χ0v) is 11.8. The number of carboxylic acid groups (broad SMARTS) is 1. The number of amides is 2. The summed E-state index contributed by atoms with van der Waals surface area (Å²) in [6.45, 7) is 4.44. The molecule has 0 spiro atoms. The van der Waals surface area contributed by atoms with Crippen LogP contribution in [0.1, 0.15) is 49.2 Å². The standard InChI is InChI=1S/C14H21N3O3/c1-3-5-11(4-2)17-14(20)16-9-10-6-7-12(13(18)19)15-8-10/h6-8,11H,3-5,9H2,1-2H3,(H,18,19)(H2,16,17,20). The molecular formula is C14H21N3O3. The summed E-state index contributed by atoms with van der Waals surface area (Å²) in [7, 11) is 0. The number of nitrogens with one attached hydrogen (secondary N) is 2. The lowest BCUT2D eigenvalue weighted by molar-refractivity contribution is 0.0690. The SMILES string of the molecule is CCCC(CC)NC(=O)NCc1ccc(C(=O)O)nc1. The predicted molar refractivity (Wildman–Crippen MR) is 75.6 cm³/mol. The van der Waals surface area contributed by atoms with Gasteiger partial charge in [0.15, 0.2) is 0 Å². The molecule has 1 atom stereocenters. The van der Waals surface area contributed by atoms with Crippen molar-refractivity contribution in [3.63, 3.8) is 0 Å². The summed E-state index contributed by atoms with van der Waals surface area (Å²) in [6.07, 6.45) is 4.33. The molecule has 1 unspecified atom stereocenters. The highest BCUT2D eigenvalue weighted by atomic mass is 16.4. The maximum atomic E-state index is 11.7. The molecule has 6 heteroatoms. The third-order valence-corrected chi connectivity index (χ3v) is 2.96. The van der Waals surface area contributed by atoms with Gasteiger partial charge in [0, 0.05) is 18.8 Å². The predicted octanol–water partition coefficient (Wildman–Crippen LogP) is 2.16. The molecule has 3 N–H and O–H groups in total. The Morgan fingerprint density at radius 2 is 2.10 bits per heavy atom. The molecule has 6 nitrogen and oxygen atoms in total. The Balaban J connectivity index is 2.42. The number of aromatic carboxylic acids is 1.